The summed E-state index contributed by atoms with van der Waals surface area (Å²) in [7, 11) is 0. The number of rotatable bonds is 3. The fraction of sp³-hybridized carbons (Fsp3) is 0.0286. The first-order valence-electron chi connectivity index (χ1n) is 12.6. The second-order valence-corrected chi connectivity index (χ2v) is 9.07. The van der Waals surface area contributed by atoms with E-state index in [0.717, 1.165) is 44.4 Å². The number of benzene rings is 4. The van der Waals surface area contributed by atoms with Gasteiger partial charge in [-0.1, -0.05) is 65.0 Å². The van der Waals surface area contributed by atoms with E-state index in [1.54, 1.807) is 18.5 Å². The number of aryl methyl sites for hydroxylation is 1. The molecule has 0 saturated heterocycles. The largest absolute Gasteiger partial charge is 0.500 e. The van der Waals surface area contributed by atoms with Crippen LogP contribution in [0.5, 0.6) is 0 Å². The molecule has 7 rings (SSSR count). The van der Waals surface area contributed by atoms with Crippen molar-refractivity contribution >= 4 is 21.9 Å². The summed E-state index contributed by atoms with van der Waals surface area (Å²) in [4.78, 5) is 8.68. The van der Waals surface area contributed by atoms with Gasteiger partial charge in [-0.25, -0.2) is 4.39 Å². The third-order valence-corrected chi connectivity index (χ3v) is 6.43. The van der Waals surface area contributed by atoms with E-state index in [-0.39, 0.29) is 25.9 Å². The van der Waals surface area contributed by atoms with Gasteiger partial charge in [0.25, 0.3) is 0 Å². The maximum Gasteiger partial charge on any atom is 0.134 e. The predicted molar refractivity (Wildman–Crippen MR) is 154 cm³/mol. The fourth-order valence-electron chi connectivity index (χ4n) is 4.59. The van der Waals surface area contributed by atoms with Gasteiger partial charge in [-0.05, 0) is 48.1 Å². The van der Waals surface area contributed by atoms with E-state index in [2.05, 4.69) is 22.1 Å². The molecule has 0 aliphatic heterocycles. The van der Waals surface area contributed by atoms with Gasteiger partial charge in [0, 0.05) is 37.9 Å². The van der Waals surface area contributed by atoms with E-state index >= 15 is 0 Å². The molecule has 0 unspecified atom stereocenters. The minimum Gasteiger partial charge on any atom is -0.500 e. The van der Waals surface area contributed by atoms with Crippen LogP contribution in [0, 0.1) is 24.9 Å². The Morgan fingerprint density at radius 3 is 2.20 bits per heavy atom. The zero-order valence-corrected chi connectivity index (χ0v) is 24.0. The first-order chi connectivity index (χ1) is 19.2. The Hall–Kier alpha value is -4.44. The molecule has 3 heterocycles. The molecule has 0 fully saturated rings. The minimum absolute atomic E-state index is 0. The SMILES string of the molecule is Cc1ccnc(-c2[c-]ccc3c2oc2c(-c4ccccc4)c(F)ccc23)c1.[Ir].[c-]1ccccc1-c1ccccn1. The van der Waals surface area contributed by atoms with Crippen LogP contribution >= 0.6 is 0 Å². The standard InChI is InChI=1S/C24H15FNO.C11H8N.Ir/c1-15-12-13-26-21(14-15)19-9-5-8-17-18-10-11-20(25)22(24(18)27-23(17)19)16-6-3-2-4-7-16;1-2-6-10(7-3-1)11-8-4-5-9-12-11;/h2-8,10-14H,1H3;1-6,8-9H;/q2*-1;. The van der Waals surface area contributed by atoms with Crippen LogP contribution in [0.3, 0.4) is 0 Å². The Kier molecular flexibility index (Phi) is 8.25. The second kappa shape index (κ2) is 12.2. The van der Waals surface area contributed by atoms with E-state index in [0.29, 0.717) is 16.7 Å². The van der Waals surface area contributed by atoms with Crippen LogP contribution in [0.2, 0.25) is 0 Å². The number of pyridine rings is 2. The summed E-state index contributed by atoms with van der Waals surface area (Å²) in [6, 6.07) is 40.6. The molecule has 0 atom stereocenters. The Morgan fingerprint density at radius 1 is 0.675 bits per heavy atom. The molecule has 0 N–H and O–H groups in total. The molecule has 4 aromatic carbocycles. The van der Waals surface area contributed by atoms with Gasteiger partial charge in [0.2, 0.25) is 0 Å². The van der Waals surface area contributed by atoms with Crippen molar-refractivity contribution in [3.05, 3.63) is 145 Å². The predicted octanol–water partition coefficient (Wildman–Crippen LogP) is 9.11. The van der Waals surface area contributed by atoms with Crippen LogP contribution in [0.15, 0.2) is 126 Å². The van der Waals surface area contributed by atoms with Crippen molar-refractivity contribution in [1.29, 1.82) is 0 Å². The molecule has 197 valence electrons. The molecule has 0 amide bonds. The molecule has 1 radical (unpaired) electrons. The summed E-state index contributed by atoms with van der Waals surface area (Å²) in [5.41, 5.74) is 7.19. The quantitative estimate of drug-likeness (QED) is 0.173. The molecule has 0 aliphatic carbocycles. The van der Waals surface area contributed by atoms with E-state index in [1.165, 1.54) is 6.07 Å². The number of furan rings is 1. The van der Waals surface area contributed by atoms with Crippen LogP contribution in [0.25, 0.3) is 55.6 Å². The second-order valence-electron chi connectivity index (χ2n) is 9.07. The number of hydrogen-bond acceptors (Lipinski definition) is 3. The van der Waals surface area contributed by atoms with Crippen molar-refractivity contribution < 1.29 is 28.9 Å². The van der Waals surface area contributed by atoms with Crippen molar-refractivity contribution in [2.24, 2.45) is 0 Å². The monoisotopic (exact) mass is 699 g/mol. The normalized spacial score (nSPS) is 10.6. The fourth-order valence-corrected chi connectivity index (χ4v) is 4.59. The van der Waals surface area contributed by atoms with Gasteiger partial charge >= 0.3 is 0 Å². The smallest absolute Gasteiger partial charge is 0.134 e. The van der Waals surface area contributed by atoms with Crippen LogP contribution in [0.1, 0.15) is 5.56 Å². The van der Waals surface area contributed by atoms with Gasteiger partial charge in [0.1, 0.15) is 11.4 Å². The topological polar surface area (TPSA) is 38.9 Å². The van der Waals surface area contributed by atoms with Crippen LogP contribution in [-0.4, -0.2) is 9.97 Å². The van der Waals surface area contributed by atoms with E-state index in [9.17, 15) is 4.39 Å². The van der Waals surface area contributed by atoms with E-state index in [1.807, 2.05) is 104 Å². The molecule has 7 aromatic rings. The van der Waals surface area contributed by atoms with E-state index in [4.69, 9.17) is 4.42 Å². The number of nitrogens with zero attached hydrogens (tertiary/aromatic N) is 2. The molecule has 0 spiro atoms. The third kappa shape index (κ3) is 5.48. The Bertz CT molecular complexity index is 1830. The van der Waals surface area contributed by atoms with Crippen LogP contribution in [0.4, 0.5) is 4.39 Å². The molecule has 3 aromatic heterocycles. The Labute approximate surface area is 245 Å². The van der Waals surface area contributed by atoms with Gasteiger partial charge in [-0.2, -0.15) is 0 Å². The summed E-state index contributed by atoms with van der Waals surface area (Å²) < 4.78 is 21.0. The molecular formula is C35H23FIrN2O-2. The molecule has 5 heteroatoms. The van der Waals surface area contributed by atoms with Crippen molar-refractivity contribution in [3.8, 4) is 33.6 Å². The minimum atomic E-state index is -0.299. The summed E-state index contributed by atoms with van der Waals surface area (Å²) >= 11 is 0. The van der Waals surface area contributed by atoms with Crippen LogP contribution < -0.4 is 0 Å². The maximum atomic E-state index is 14.7. The number of halogens is 1. The maximum absolute atomic E-state index is 14.7. The molecule has 40 heavy (non-hydrogen) atoms. The van der Waals surface area contributed by atoms with Crippen molar-refractivity contribution in [2.75, 3.05) is 0 Å². The summed E-state index contributed by atoms with van der Waals surface area (Å²) in [5, 5.41) is 1.81. The molecule has 3 nitrogen and oxygen atoms in total. The van der Waals surface area contributed by atoms with Gasteiger partial charge in [-0.3, -0.25) is 0 Å². The average Bonchev–Trinajstić information content (AvgIpc) is 3.37. The first-order valence-corrected chi connectivity index (χ1v) is 12.6. The summed E-state index contributed by atoms with van der Waals surface area (Å²) in [6.45, 7) is 2.02. The average molecular weight is 699 g/mol. The molecule has 0 saturated carbocycles. The van der Waals surface area contributed by atoms with Crippen molar-refractivity contribution in [1.82, 2.24) is 9.97 Å². The third-order valence-electron chi connectivity index (χ3n) is 6.43. The van der Waals surface area contributed by atoms with Gasteiger partial charge in [0.05, 0.1) is 11.1 Å². The zero-order valence-electron chi connectivity index (χ0n) is 21.6. The molecular weight excluding hydrogens is 676 g/mol. The van der Waals surface area contributed by atoms with Crippen molar-refractivity contribution in [2.45, 2.75) is 6.92 Å². The van der Waals surface area contributed by atoms with Crippen LogP contribution in [-0.2, 0) is 20.1 Å². The summed E-state index contributed by atoms with van der Waals surface area (Å²) in [6.07, 6.45) is 3.56. The number of fused-ring (bicyclic) bond motifs is 3. The Balaban J connectivity index is 0.000000209. The molecule has 0 aliphatic rings. The number of hydrogen-bond donors (Lipinski definition) is 0. The van der Waals surface area contributed by atoms with Gasteiger partial charge in [-0.15, -0.1) is 54.1 Å². The van der Waals surface area contributed by atoms with E-state index < -0.39 is 0 Å². The van der Waals surface area contributed by atoms with Crippen molar-refractivity contribution in [3.63, 3.8) is 0 Å². The number of aromatic nitrogens is 2. The summed E-state index contributed by atoms with van der Waals surface area (Å²) in [5.74, 6) is -0.299. The van der Waals surface area contributed by atoms with Gasteiger partial charge in [0.15, 0.2) is 0 Å². The first kappa shape index (κ1) is 27.1. The van der Waals surface area contributed by atoms with Gasteiger partial charge < -0.3 is 14.4 Å². The zero-order chi connectivity index (χ0) is 26.6. The molecule has 0 bridgehead atoms. The Morgan fingerprint density at radius 2 is 1.45 bits per heavy atom.